The second-order valence-corrected chi connectivity index (χ2v) is 7.87. The molecule has 0 atom stereocenters. The van der Waals surface area contributed by atoms with Gasteiger partial charge < -0.3 is 21.4 Å². The van der Waals surface area contributed by atoms with Crippen LogP contribution in [0.25, 0.3) is 11.3 Å². The molecule has 8 heteroatoms. The van der Waals surface area contributed by atoms with E-state index in [1.807, 2.05) is 13.8 Å². The number of amides is 1. The van der Waals surface area contributed by atoms with E-state index < -0.39 is 5.82 Å². The largest absolute Gasteiger partial charge is 0.384 e. The Morgan fingerprint density at radius 1 is 1.29 bits per heavy atom. The maximum absolute atomic E-state index is 13.9. The molecule has 0 bridgehead atoms. The van der Waals surface area contributed by atoms with Gasteiger partial charge in [-0.3, -0.25) is 4.79 Å². The monoisotopic (exact) mass is 399 g/mol. The van der Waals surface area contributed by atoms with Crippen molar-refractivity contribution in [3.05, 3.63) is 58.6 Å². The van der Waals surface area contributed by atoms with E-state index in [0.29, 0.717) is 34.9 Å². The number of rotatable bonds is 3. The van der Waals surface area contributed by atoms with Gasteiger partial charge in [0.2, 0.25) is 0 Å². The molecular weight excluding hydrogens is 381 g/mol. The number of hydrogen-bond donors (Lipinski definition) is 4. The average Bonchev–Trinajstić information content (AvgIpc) is 2.95. The first-order valence-electron chi connectivity index (χ1n) is 8.75. The molecule has 28 heavy (non-hydrogen) atoms. The molecule has 0 saturated carbocycles. The summed E-state index contributed by atoms with van der Waals surface area (Å²) >= 11 is 5.78. The van der Waals surface area contributed by atoms with Crippen molar-refractivity contribution < 1.29 is 9.18 Å². The van der Waals surface area contributed by atoms with E-state index >= 15 is 0 Å². The average molecular weight is 400 g/mol. The van der Waals surface area contributed by atoms with E-state index in [2.05, 4.69) is 20.6 Å². The number of hydrogen-bond acceptors (Lipinski definition) is 4. The van der Waals surface area contributed by atoms with Crippen molar-refractivity contribution in [1.29, 1.82) is 0 Å². The number of H-pyrrole nitrogens is 1. The van der Waals surface area contributed by atoms with Crippen LogP contribution in [0.3, 0.4) is 0 Å². The summed E-state index contributed by atoms with van der Waals surface area (Å²) in [5.74, 6) is -0.387. The van der Waals surface area contributed by atoms with Gasteiger partial charge in [0.05, 0.1) is 22.0 Å². The van der Waals surface area contributed by atoms with Crippen LogP contribution in [0, 0.1) is 5.82 Å². The first-order chi connectivity index (χ1) is 13.2. The van der Waals surface area contributed by atoms with Crippen LogP contribution >= 0.6 is 11.6 Å². The fourth-order valence-corrected chi connectivity index (χ4v) is 3.57. The third-order valence-electron chi connectivity index (χ3n) is 4.63. The van der Waals surface area contributed by atoms with Gasteiger partial charge in [-0.05, 0) is 44.2 Å². The van der Waals surface area contributed by atoms with Crippen LogP contribution in [0.15, 0.2) is 36.5 Å². The van der Waals surface area contributed by atoms with Crippen molar-refractivity contribution in [2.24, 2.45) is 0 Å². The fraction of sp³-hybridized carbons (Fsp3) is 0.200. The first-order valence-corrected chi connectivity index (χ1v) is 9.13. The number of halogens is 2. The highest BCUT2D eigenvalue weighted by Gasteiger charge is 2.35. The molecule has 2 aromatic heterocycles. The zero-order valence-electron chi connectivity index (χ0n) is 15.4. The molecule has 0 aliphatic carbocycles. The lowest BCUT2D eigenvalue weighted by atomic mass is 9.91. The molecule has 1 aromatic carbocycles. The maximum atomic E-state index is 13.9. The van der Waals surface area contributed by atoms with Gasteiger partial charge >= 0.3 is 0 Å². The van der Waals surface area contributed by atoms with Crippen molar-refractivity contribution in [3.63, 3.8) is 0 Å². The number of benzene rings is 1. The van der Waals surface area contributed by atoms with Crippen LogP contribution in [0.4, 0.5) is 21.6 Å². The van der Waals surface area contributed by atoms with Crippen LogP contribution in [0.1, 0.15) is 29.9 Å². The number of carbonyl (C=O) groups excluding carboxylic acids is 1. The number of nitrogens with one attached hydrogen (secondary N) is 3. The first kappa shape index (κ1) is 18.3. The predicted molar refractivity (Wildman–Crippen MR) is 108 cm³/mol. The third kappa shape index (κ3) is 3.29. The number of carbonyl (C=O) groups is 1. The highest BCUT2D eigenvalue weighted by atomic mass is 35.5. The Bertz CT molecular complexity index is 1090. The highest BCUT2D eigenvalue weighted by Crippen LogP contribution is 2.39. The summed E-state index contributed by atoms with van der Waals surface area (Å²) in [6.07, 6.45) is 2.22. The quantitative estimate of drug-likeness (QED) is 0.529. The summed E-state index contributed by atoms with van der Waals surface area (Å²) < 4.78 is 13.9. The van der Waals surface area contributed by atoms with E-state index in [0.717, 1.165) is 11.3 Å². The molecule has 5 N–H and O–H groups in total. The lowest BCUT2D eigenvalue weighted by Crippen LogP contribution is -2.49. The van der Waals surface area contributed by atoms with Crippen LogP contribution in [-0.4, -0.2) is 21.4 Å². The summed E-state index contributed by atoms with van der Waals surface area (Å²) in [6.45, 7) is 3.92. The fourth-order valence-electron chi connectivity index (χ4n) is 3.45. The standard InChI is InChI=1S/C20H19ClFN5O/c1-20(2)9-14-16(19(28)27-20)18(25-11-3-4-12(21)13(22)8-11)17(26-14)10-5-6-24-15(23)7-10/h3-8,25-26H,9H2,1-2H3,(H2,23,24)(H,27,28). The van der Waals surface area contributed by atoms with E-state index in [-0.39, 0.29) is 16.5 Å². The molecule has 4 rings (SSSR count). The van der Waals surface area contributed by atoms with Gasteiger partial charge in [0.1, 0.15) is 11.6 Å². The summed E-state index contributed by atoms with van der Waals surface area (Å²) in [4.78, 5) is 20.2. The SMILES string of the molecule is CC1(C)Cc2[nH]c(-c3ccnc(N)c3)c(Nc3ccc(Cl)c(F)c3)c2C(=O)N1. The Morgan fingerprint density at radius 3 is 2.79 bits per heavy atom. The summed E-state index contributed by atoms with van der Waals surface area (Å²) in [5.41, 5.74) is 9.24. The molecule has 6 nitrogen and oxygen atoms in total. The van der Waals surface area contributed by atoms with Crippen molar-refractivity contribution in [3.8, 4) is 11.3 Å². The minimum absolute atomic E-state index is 0.0308. The number of aromatic amines is 1. The zero-order chi connectivity index (χ0) is 20.1. The zero-order valence-corrected chi connectivity index (χ0v) is 16.1. The summed E-state index contributed by atoms with van der Waals surface area (Å²) in [6, 6.07) is 7.92. The Balaban J connectivity index is 1.88. The molecule has 1 aliphatic heterocycles. The number of nitrogen functional groups attached to an aromatic ring is 1. The minimum Gasteiger partial charge on any atom is -0.384 e. The summed E-state index contributed by atoms with van der Waals surface area (Å²) in [5, 5.41) is 6.21. The third-order valence-corrected chi connectivity index (χ3v) is 4.94. The van der Waals surface area contributed by atoms with Crippen LogP contribution < -0.4 is 16.4 Å². The molecule has 0 radical (unpaired) electrons. The Hall–Kier alpha value is -3.06. The van der Waals surface area contributed by atoms with Gasteiger partial charge in [-0.2, -0.15) is 0 Å². The van der Waals surface area contributed by atoms with Gasteiger partial charge in [-0.1, -0.05) is 11.6 Å². The van der Waals surface area contributed by atoms with Gasteiger partial charge in [0.25, 0.3) is 5.91 Å². The van der Waals surface area contributed by atoms with E-state index in [1.165, 1.54) is 12.1 Å². The lowest BCUT2D eigenvalue weighted by molar-refractivity contribution is 0.0897. The van der Waals surface area contributed by atoms with Crippen LogP contribution in [-0.2, 0) is 6.42 Å². The number of aromatic nitrogens is 2. The highest BCUT2D eigenvalue weighted by molar-refractivity contribution is 6.30. The van der Waals surface area contributed by atoms with Crippen LogP contribution in [0.2, 0.25) is 5.02 Å². The molecule has 1 amide bonds. The van der Waals surface area contributed by atoms with Crippen LogP contribution in [0.5, 0.6) is 0 Å². The molecule has 144 valence electrons. The molecule has 3 heterocycles. The number of fused-ring (bicyclic) bond motifs is 1. The topological polar surface area (TPSA) is 95.8 Å². The summed E-state index contributed by atoms with van der Waals surface area (Å²) in [7, 11) is 0. The number of nitrogens with zero attached hydrogens (tertiary/aromatic N) is 1. The number of pyridine rings is 1. The molecule has 3 aromatic rings. The van der Waals surface area contributed by atoms with Crippen molar-refractivity contribution in [2.45, 2.75) is 25.8 Å². The van der Waals surface area contributed by atoms with Crippen molar-refractivity contribution in [2.75, 3.05) is 11.1 Å². The van der Waals surface area contributed by atoms with Gasteiger partial charge in [-0.15, -0.1) is 0 Å². The predicted octanol–water partition coefficient (Wildman–Crippen LogP) is 4.26. The second-order valence-electron chi connectivity index (χ2n) is 7.47. The van der Waals surface area contributed by atoms with Gasteiger partial charge in [-0.25, -0.2) is 9.37 Å². The Kier molecular flexibility index (Phi) is 4.27. The van der Waals surface area contributed by atoms with Crippen molar-refractivity contribution >= 4 is 34.7 Å². The molecule has 0 saturated heterocycles. The van der Waals surface area contributed by atoms with Gasteiger partial charge in [0, 0.05) is 35.1 Å². The normalized spacial score (nSPS) is 15.1. The molecule has 0 spiro atoms. The molecule has 0 unspecified atom stereocenters. The van der Waals surface area contributed by atoms with Gasteiger partial charge in [0.15, 0.2) is 0 Å². The van der Waals surface area contributed by atoms with E-state index in [4.69, 9.17) is 17.3 Å². The molecule has 0 fully saturated rings. The number of nitrogens with two attached hydrogens (primary N) is 1. The Labute approximate surface area is 166 Å². The molecular formula is C20H19ClFN5O. The maximum Gasteiger partial charge on any atom is 0.255 e. The Morgan fingerprint density at radius 2 is 2.07 bits per heavy atom. The van der Waals surface area contributed by atoms with E-state index in [1.54, 1.807) is 24.4 Å². The second kappa shape index (κ2) is 6.53. The van der Waals surface area contributed by atoms with Crippen molar-refractivity contribution in [1.82, 2.24) is 15.3 Å². The number of anilines is 3. The minimum atomic E-state index is -0.545. The van der Waals surface area contributed by atoms with E-state index in [9.17, 15) is 9.18 Å². The lowest BCUT2D eigenvalue weighted by Gasteiger charge is -2.30. The smallest absolute Gasteiger partial charge is 0.255 e. The molecule has 1 aliphatic rings.